The highest BCUT2D eigenvalue weighted by atomic mass is 16.6. The lowest BCUT2D eigenvalue weighted by molar-refractivity contribution is -0.394. The Morgan fingerprint density at radius 1 is 1.16 bits per heavy atom. The molecular weight excluding hydrogens is 334 g/mol. The summed E-state index contributed by atoms with van der Waals surface area (Å²) in [4.78, 5) is 40.5. The predicted molar refractivity (Wildman–Crippen MR) is 85.9 cm³/mol. The van der Waals surface area contributed by atoms with Crippen molar-refractivity contribution in [2.75, 3.05) is 12.3 Å². The van der Waals surface area contributed by atoms with E-state index in [4.69, 9.17) is 10.5 Å². The van der Waals surface area contributed by atoms with Crippen LogP contribution in [0.5, 0.6) is 0 Å². The van der Waals surface area contributed by atoms with Crippen molar-refractivity contribution in [3.8, 4) is 11.3 Å². The Balaban J connectivity index is 2.79. The molecule has 130 valence electrons. The van der Waals surface area contributed by atoms with Crippen molar-refractivity contribution >= 4 is 23.3 Å². The molecule has 0 fully saturated rings. The maximum Gasteiger partial charge on any atom is 0.342 e. The first-order valence-corrected chi connectivity index (χ1v) is 7.00. The van der Waals surface area contributed by atoms with Gasteiger partial charge in [0.25, 0.3) is 11.4 Å². The van der Waals surface area contributed by atoms with Crippen LogP contribution in [0.1, 0.15) is 23.0 Å². The van der Waals surface area contributed by atoms with Gasteiger partial charge in [0.15, 0.2) is 0 Å². The number of ether oxygens (including phenoxy) is 1. The minimum Gasteiger partial charge on any atom is -0.462 e. The molecule has 2 N–H and O–H groups in total. The maximum absolute atomic E-state index is 12.2. The molecule has 11 nitrogen and oxygen atoms in total. The third kappa shape index (κ3) is 3.65. The van der Waals surface area contributed by atoms with E-state index in [-0.39, 0.29) is 35.1 Å². The number of nitro benzene ring substituents is 2. The highest BCUT2D eigenvalue weighted by Crippen LogP contribution is 2.32. The quantitative estimate of drug-likeness (QED) is 0.483. The Bertz CT molecular complexity index is 850. The number of nitrogen functional groups attached to an aromatic ring is 1. The summed E-state index contributed by atoms with van der Waals surface area (Å²) in [5.41, 5.74) is 4.59. The molecule has 0 aliphatic heterocycles. The molecule has 0 saturated heterocycles. The number of nitrogens with two attached hydrogens (primary N) is 1. The highest BCUT2D eigenvalue weighted by molar-refractivity contribution is 5.97. The second-order valence-electron chi connectivity index (χ2n) is 4.86. The normalized spacial score (nSPS) is 10.3. The maximum atomic E-state index is 12.2. The zero-order valence-corrected chi connectivity index (χ0v) is 13.3. The van der Waals surface area contributed by atoms with E-state index in [1.165, 1.54) is 6.92 Å². The number of aryl methyl sites for hydroxylation is 1. The molecule has 0 atom stereocenters. The number of carbonyl (C=O) groups is 1. The number of hydrogen-bond donors (Lipinski definition) is 1. The predicted octanol–water partition coefficient (Wildman–Crippen LogP) is 2.03. The molecule has 0 spiro atoms. The van der Waals surface area contributed by atoms with Crippen LogP contribution in [0.15, 0.2) is 18.2 Å². The van der Waals surface area contributed by atoms with Crippen LogP contribution in [0.4, 0.5) is 17.3 Å². The van der Waals surface area contributed by atoms with Gasteiger partial charge in [0.1, 0.15) is 5.56 Å². The second-order valence-corrected chi connectivity index (χ2v) is 4.86. The lowest BCUT2D eigenvalue weighted by Crippen LogP contribution is -2.13. The van der Waals surface area contributed by atoms with Gasteiger partial charge in [0.2, 0.25) is 5.95 Å². The van der Waals surface area contributed by atoms with Crippen LogP contribution >= 0.6 is 0 Å². The van der Waals surface area contributed by atoms with Gasteiger partial charge in [-0.2, -0.15) is 0 Å². The number of anilines is 1. The summed E-state index contributed by atoms with van der Waals surface area (Å²) in [5, 5.41) is 22.1. The van der Waals surface area contributed by atoms with Crippen molar-refractivity contribution in [2.24, 2.45) is 0 Å². The topological polar surface area (TPSA) is 164 Å². The van der Waals surface area contributed by atoms with E-state index in [1.807, 2.05) is 0 Å². The number of esters is 1. The fourth-order valence-corrected chi connectivity index (χ4v) is 2.19. The number of rotatable bonds is 5. The fraction of sp³-hybridized carbons (Fsp3) is 0.214. The van der Waals surface area contributed by atoms with Gasteiger partial charge < -0.3 is 10.5 Å². The van der Waals surface area contributed by atoms with Crippen molar-refractivity contribution in [2.45, 2.75) is 13.8 Å². The Morgan fingerprint density at radius 2 is 1.72 bits per heavy atom. The monoisotopic (exact) mass is 347 g/mol. The molecule has 2 aromatic rings. The Kier molecular flexibility index (Phi) is 4.86. The van der Waals surface area contributed by atoms with Gasteiger partial charge >= 0.3 is 5.97 Å². The highest BCUT2D eigenvalue weighted by Gasteiger charge is 2.24. The van der Waals surface area contributed by atoms with Crippen LogP contribution in [0, 0.1) is 27.2 Å². The molecule has 0 amide bonds. The van der Waals surface area contributed by atoms with Crippen LogP contribution in [0.2, 0.25) is 0 Å². The minimum absolute atomic E-state index is 0.0128. The number of nitro groups is 2. The Labute approximate surface area is 140 Å². The van der Waals surface area contributed by atoms with Crippen LogP contribution in [0.3, 0.4) is 0 Å². The molecule has 1 heterocycles. The van der Waals surface area contributed by atoms with Crippen LogP contribution in [-0.2, 0) is 4.74 Å². The summed E-state index contributed by atoms with van der Waals surface area (Å²) in [6, 6.07) is 2.94. The molecule has 25 heavy (non-hydrogen) atoms. The van der Waals surface area contributed by atoms with E-state index in [9.17, 15) is 25.0 Å². The molecule has 0 radical (unpaired) electrons. The summed E-state index contributed by atoms with van der Waals surface area (Å²) in [5.74, 6) is -0.945. The number of carbonyl (C=O) groups excluding carboxylic acids is 1. The minimum atomic E-state index is -0.780. The lowest BCUT2D eigenvalue weighted by atomic mass is 10.0. The van der Waals surface area contributed by atoms with Crippen molar-refractivity contribution in [1.82, 2.24) is 9.97 Å². The molecule has 2 rings (SSSR count). The van der Waals surface area contributed by atoms with Gasteiger partial charge in [0.05, 0.1) is 33.9 Å². The molecule has 0 bridgehead atoms. The summed E-state index contributed by atoms with van der Waals surface area (Å²) in [6.45, 7) is 3.17. The molecular formula is C14H13N5O6. The molecule has 1 aromatic heterocycles. The summed E-state index contributed by atoms with van der Waals surface area (Å²) in [6.07, 6.45) is 0. The molecule has 1 aromatic carbocycles. The van der Waals surface area contributed by atoms with Gasteiger partial charge in [-0.05, 0) is 13.8 Å². The largest absolute Gasteiger partial charge is 0.462 e. The number of hydrogen-bond acceptors (Lipinski definition) is 9. The first-order chi connectivity index (χ1) is 11.7. The van der Waals surface area contributed by atoms with Gasteiger partial charge in [-0.15, -0.1) is 0 Å². The van der Waals surface area contributed by atoms with Gasteiger partial charge in [-0.25, -0.2) is 14.8 Å². The van der Waals surface area contributed by atoms with Crippen molar-refractivity contribution in [1.29, 1.82) is 0 Å². The zero-order valence-electron chi connectivity index (χ0n) is 13.3. The Hall–Kier alpha value is -3.63. The standard InChI is InChI=1S/C14H13N5O6/c1-3-25-13(20)11-7(2)16-14(15)17-12(11)8-4-9(18(21)22)6-10(5-8)19(23)24/h4-6H,3H2,1-2H3,(H2,15,16,17). The van der Waals surface area contributed by atoms with Crippen LogP contribution < -0.4 is 5.73 Å². The molecule has 0 saturated carbocycles. The van der Waals surface area contributed by atoms with Crippen molar-refractivity contribution < 1.29 is 19.4 Å². The molecule has 0 aliphatic rings. The van der Waals surface area contributed by atoms with E-state index in [0.717, 1.165) is 18.2 Å². The van der Waals surface area contributed by atoms with E-state index < -0.39 is 27.2 Å². The average Bonchev–Trinajstić information content (AvgIpc) is 2.53. The zero-order chi connectivity index (χ0) is 18.7. The van der Waals surface area contributed by atoms with Gasteiger partial charge in [-0.3, -0.25) is 20.2 Å². The summed E-state index contributed by atoms with van der Waals surface area (Å²) >= 11 is 0. The van der Waals surface area contributed by atoms with Crippen molar-refractivity contribution in [3.63, 3.8) is 0 Å². The van der Waals surface area contributed by atoms with Gasteiger partial charge in [-0.1, -0.05) is 0 Å². The third-order valence-corrected chi connectivity index (χ3v) is 3.18. The average molecular weight is 347 g/mol. The Morgan fingerprint density at radius 3 is 2.20 bits per heavy atom. The van der Waals surface area contributed by atoms with Crippen molar-refractivity contribution in [3.05, 3.63) is 49.7 Å². The molecule has 0 aliphatic carbocycles. The first kappa shape index (κ1) is 17.7. The number of non-ortho nitro benzene ring substituents is 2. The van der Waals surface area contributed by atoms with E-state index >= 15 is 0 Å². The number of benzene rings is 1. The fourth-order valence-electron chi connectivity index (χ4n) is 2.19. The van der Waals surface area contributed by atoms with E-state index in [2.05, 4.69) is 9.97 Å². The summed E-state index contributed by atoms with van der Waals surface area (Å²) in [7, 11) is 0. The second kappa shape index (κ2) is 6.86. The molecule has 11 heteroatoms. The van der Waals surface area contributed by atoms with E-state index in [0.29, 0.717) is 0 Å². The van der Waals surface area contributed by atoms with E-state index in [1.54, 1.807) is 6.92 Å². The van der Waals surface area contributed by atoms with Crippen LogP contribution in [0.25, 0.3) is 11.3 Å². The number of nitrogens with zero attached hydrogens (tertiary/aromatic N) is 4. The molecule has 0 unspecified atom stereocenters. The SMILES string of the molecule is CCOC(=O)c1c(C)nc(N)nc1-c1cc([N+](=O)[O-])cc([N+](=O)[O-])c1. The lowest BCUT2D eigenvalue weighted by Gasteiger charge is -2.11. The number of aromatic nitrogens is 2. The van der Waals surface area contributed by atoms with Crippen LogP contribution in [-0.4, -0.2) is 32.4 Å². The smallest absolute Gasteiger partial charge is 0.342 e. The van der Waals surface area contributed by atoms with Gasteiger partial charge in [0, 0.05) is 17.7 Å². The first-order valence-electron chi connectivity index (χ1n) is 7.00. The summed E-state index contributed by atoms with van der Waals surface area (Å²) < 4.78 is 4.94. The third-order valence-electron chi connectivity index (χ3n) is 3.18.